The molecule has 18 heavy (non-hydrogen) atoms. The molecule has 0 aliphatic carbocycles. The van der Waals surface area contributed by atoms with Crippen LogP contribution < -0.4 is 4.90 Å². The minimum Gasteiger partial charge on any atom is -0.268 e. The van der Waals surface area contributed by atoms with E-state index in [-0.39, 0.29) is 11.7 Å². The maximum absolute atomic E-state index is 12.9. The molecule has 0 unspecified atom stereocenters. The Kier molecular flexibility index (Phi) is 2.45. The first-order valence-electron chi connectivity index (χ1n) is 5.42. The molecule has 0 radical (unpaired) electrons. The van der Waals surface area contributed by atoms with Gasteiger partial charge in [0, 0.05) is 5.56 Å². The first-order valence-corrected chi connectivity index (χ1v) is 5.83. The highest BCUT2D eigenvalue weighted by molar-refractivity contribution is 7.81. The Balaban J connectivity index is 2.09. The lowest BCUT2D eigenvalue weighted by Crippen LogP contribution is -2.28. The van der Waals surface area contributed by atoms with E-state index in [2.05, 4.69) is 0 Å². The van der Waals surface area contributed by atoms with Crippen molar-refractivity contribution in [3.8, 4) is 0 Å². The molecule has 4 heteroatoms. The summed E-state index contributed by atoms with van der Waals surface area (Å²) in [5.41, 5.74) is 1.93. The van der Waals surface area contributed by atoms with Crippen LogP contribution in [0.3, 0.4) is 0 Å². The van der Waals surface area contributed by atoms with Crippen molar-refractivity contribution >= 4 is 28.8 Å². The standard InChI is InChI=1S/C14H8FNOS/c15-9-5-7-10(8-6-9)16-13(17)11-3-1-2-4-12(11)14(16)18/h1-8H. The van der Waals surface area contributed by atoms with Gasteiger partial charge in [0.1, 0.15) is 10.8 Å². The number of anilines is 1. The van der Waals surface area contributed by atoms with Gasteiger partial charge in [0.05, 0.1) is 11.3 Å². The fourth-order valence-electron chi connectivity index (χ4n) is 2.01. The Morgan fingerprint density at radius 2 is 1.56 bits per heavy atom. The molecule has 2 aromatic rings. The average molecular weight is 257 g/mol. The number of nitrogens with zero attached hydrogens (tertiary/aromatic N) is 1. The summed E-state index contributed by atoms with van der Waals surface area (Å²) in [6.45, 7) is 0. The van der Waals surface area contributed by atoms with Crippen molar-refractivity contribution in [3.05, 3.63) is 65.5 Å². The Morgan fingerprint density at radius 1 is 0.944 bits per heavy atom. The maximum atomic E-state index is 12.9. The van der Waals surface area contributed by atoms with Gasteiger partial charge in [-0.2, -0.15) is 0 Å². The van der Waals surface area contributed by atoms with Crippen molar-refractivity contribution in [1.29, 1.82) is 0 Å². The van der Waals surface area contributed by atoms with Crippen LogP contribution >= 0.6 is 12.2 Å². The molecule has 0 bridgehead atoms. The van der Waals surface area contributed by atoms with E-state index in [1.54, 1.807) is 24.3 Å². The van der Waals surface area contributed by atoms with Gasteiger partial charge in [-0.25, -0.2) is 4.39 Å². The highest BCUT2D eigenvalue weighted by Crippen LogP contribution is 2.28. The predicted octanol–water partition coefficient (Wildman–Crippen LogP) is 3.16. The van der Waals surface area contributed by atoms with Crippen molar-refractivity contribution in [2.75, 3.05) is 4.90 Å². The van der Waals surface area contributed by atoms with Crippen molar-refractivity contribution < 1.29 is 9.18 Å². The lowest BCUT2D eigenvalue weighted by Gasteiger charge is -2.15. The van der Waals surface area contributed by atoms with Crippen LogP contribution in [-0.4, -0.2) is 10.9 Å². The molecule has 3 rings (SSSR count). The fourth-order valence-corrected chi connectivity index (χ4v) is 2.38. The molecule has 0 aromatic heterocycles. The average Bonchev–Trinajstić information content (AvgIpc) is 2.64. The summed E-state index contributed by atoms with van der Waals surface area (Å²) < 4.78 is 12.9. The van der Waals surface area contributed by atoms with Gasteiger partial charge in [-0.05, 0) is 30.3 Å². The van der Waals surface area contributed by atoms with Crippen LogP contribution in [0.4, 0.5) is 10.1 Å². The zero-order valence-corrected chi connectivity index (χ0v) is 10.1. The summed E-state index contributed by atoms with van der Waals surface area (Å²) in [4.78, 5) is 14.1. The third-order valence-electron chi connectivity index (χ3n) is 2.88. The minimum absolute atomic E-state index is 0.165. The number of fused-ring (bicyclic) bond motifs is 1. The zero-order valence-electron chi connectivity index (χ0n) is 9.26. The number of carbonyl (C=O) groups is 1. The molecule has 1 heterocycles. The van der Waals surface area contributed by atoms with Crippen LogP contribution in [0.1, 0.15) is 15.9 Å². The number of halogens is 1. The van der Waals surface area contributed by atoms with Gasteiger partial charge in [0.15, 0.2) is 0 Å². The molecule has 0 fully saturated rings. The summed E-state index contributed by atoms with van der Waals surface area (Å²) in [7, 11) is 0. The number of rotatable bonds is 1. The summed E-state index contributed by atoms with van der Waals surface area (Å²) in [5.74, 6) is -0.504. The third-order valence-corrected chi connectivity index (χ3v) is 3.28. The number of thiocarbonyl (C=S) groups is 1. The van der Waals surface area contributed by atoms with Crippen LogP contribution in [0.15, 0.2) is 48.5 Å². The van der Waals surface area contributed by atoms with Crippen molar-refractivity contribution in [2.45, 2.75) is 0 Å². The van der Waals surface area contributed by atoms with E-state index in [1.807, 2.05) is 12.1 Å². The molecule has 1 amide bonds. The van der Waals surface area contributed by atoms with Crippen LogP contribution in [0.25, 0.3) is 0 Å². The molecular weight excluding hydrogens is 249 g/mol. The SMILES string of the molecule is O=C1c2ccccc2C(=S)N1c1ccc(F)cc1. The summed E-state index contributed by atoms with van der Waals surface area (Å²) >= 11 is 5.30. The van der Waals surface area contributed by atoms with E-state index in [1.165, 1.54) is 17.0 Å². The van der Waals surface area contributed by atoms with Gasteiger partial charge in [0.25, 0.3) is 5.91 Å². The molecular formula is C14H8FNOS. The number of amides is 1. The molecule has 88 valence electrons. The van der Waals surface area contributed by atoms with E-state index >= 15 is 0 Å². The molecule has 0 spiro atoms. The smallest absolute Gasteiger partial charge is 0.264 e. The number of benzene rings is 2. The van der Waals surface area contributed by atoms with Crippen molar-refractivity contribution in [3.63, 3.8) is 0 Å². The number of hydrogen-bond donors (Lipinski definition) is 0. The Labute approximate surface area is 109 Å². The van der Waals surface area contributed by atoms with Crippen molar-refractivity contribution in [2.24, 2.45) is 0 Å². The summed E-state index contributed by atoms with van der Waals surface area (Å²) in [5, 5.41) is 0. The van der Waals surface area contributed by atoms with E-state index < -0.39 is 0 Å². The molecule has 0 saturated heterocycles. The molecule has 0 saturated carbocycles. The largest absolute Gasteiger partial charge is 0.268 e. The molecule has 1 aliphatic rings. The van der Waals surface area contributed by atoms with E-state index in [4.69, 9.17) is 12.2 Å². The van der Waals surface area contributed by atoms with Gasteiger partial charge in [-0.3, -0.25) is 9.69 Å². The quantitative estimate of drug-likeness (QED) is 0.731. The molecule has 0 N–H and O–H groups in total. The number of carbonyl (C=O) groups excluding carboxylic acids is 1. The fraction of sp³-hybridized carbons (Fsp3) is 0. The highest BCUT2D eigenvalue weighted by Gasteiger charge is 2.32. The Morgan fingerprint density at radius 3 is 2.17 bits per heavy atom. The summed E-state index contributed by atoms with van der Waals surface area (Å²) in [6.07, 6.45) is 0. The van der Waals surface area contributed by atoms with Gasteiger partial charge < -0.3 is 0 Å². The zero-order chi connectivity index (χ0) is 12.7. The third kappa shape index (κ3) is 1.54. The lowest BCUT2D eigenvalue weighted by molar-refractivity contribution is 0.101. The summed E-state index contributed by atoms with van der Waals surface area (Å²) in [6, 6.07) is 12.9. The number of hydrogen-bond acceptors (Lipinski definition) is 2. The van der Waals surface area contributed by atoms with Gasteiger partial charge in [0.2, 0.25) is 0 Å². The Bertz CT molecular complexity index is 616. The van der Waals surface area contributed by atoms with E-state index in [0.717, 1.165) is 5.56 Å². The maximum Gasteiger partial charge on any atom is 0.264 e. The minimum atomic E-state index is -0.339. The molecule has 0 atom stereocenters. The topological polar surface area (TPSA) is 20.3 Å². The lowest BCUT2D eigenvalue weighted by atomic mass is 10.1. The second kappa shape index (κ2) is 3.99. The van der Waals surface area contributed by atoms with Gasteiger partial charge in [-0.15, -0.1) is 0 Å². The predicted molar refractivity (Wildman–Crippen MR) is 71.4 cm³/mol. The second-order valence-electron chi connectivity index (χ2n) is 3.97. The Hall–Kier alpha value is -2.07. The van der Waals surface area contributed by atoms with Crippen LogP contribution in [0.2, 0.25) is 0 Å². The van der Waals surface area contributed by atoms with Gasteiger partial charge >= 0.3 is 0 Å². The first-order chi connectivity index (χ1) is 8.68. The molecule has 2 nitrogen and oxygen atoms in total. The first kappa shape index (κ1) is 11.0. The highest BCUT2D eigenvalue weighted by atomic mass is 32.1. The van der Waals surface area contributed by atoms with E-state index in [0.29, 0.717) is 16.2 Å². The van der Waals surface area contributed by atoms with Crippen LogP contribution in [0, 0.1) is 5.82 Å². The van der Waals surface area contributed by atoms with Crippen molar-refractivity contribution in [1.82, 2.24) is 0 Å². The van der Waals surface area contributed by atoms with Gasteiger partial charge in [-0.1, -0.05) is 30.4 Å². The monoisotopic (exact) mass is 257 g/mol. The van der Waals surface area contributed by atoms with Crippen LogP contribution in [0.5, 0.6) is 0 Å². The van der Waals surface area contributed by atoms with Crippen LogP contribution in [-0.2, 0) is 0 Å². The normalized spacial score (nSPS) is 13.9. The molecule has 1 aliphatic heterocycles. The second-order valence-corrected chi connectivity index (χ2v) is 4.35. The molecule has 2 aromatic carbocycles. The van der Waals surface area contributed by atoms with E-state index in [9.17, 15) is 9.18 Å².